The summed E-state index contributed by atoms with van der Waals surface area (Å²) in [6, 6.07) is 1.99. The quantitative estimate of drug-likeness (QED) is 0.756. The lowest BCUT2D eigenvalue weighted by Crippen LogP contribution is -2.39. The molecule has 2 aromatic heterocycles. The Kier molecular flexibility index (Phi) is 6.86. The van der Waals surface area contributed by atoms with E-state index in [9.17, 15) is 4.79 Å². The maximum Gasteiger partial charge on any atom is 0.229 e. The molecule has 2 aliphatic heterocycles. The van der Waals surface area contributed by atoms with Crippen LogP contribution in [0.5, 0.6) is 0 Å². The van der Waals surface area contributed by atoms with E-state index in [0.717, 1.165) is 79.6 Å². The van der Waals surface area contributed by atoms with E-state index in [2.05, 4.69) is 43.9 Å². The number of carbonyl (C=O) groups is 1. The molecule has 2 fully saturated rings. The average molecular weight is 443 g/mol. The van der Waals surface area contributed by atoms with Crippen LogP contribution < -0.4 is 10.2 Å². The van der Waals surface area contributed by atoms with Gasteiger partial charge in [0.05, 0.1) is 5.69 Å². The van der Waals surface area contributed by atoms with Crippen LogP contribution in [-0.4, -0.2) is 51.9 Å². The van der Waals surface area contributed by atoms with E-state index in [1.165, 1.54) is 17.7 Å². The van der Waals surface area contributed by atoms with Crippen molar-refractivity contribution in [1.29, 1.82) is 0 Å². The number of likely N-dealkylation sites (tertiary alicyclic amines) is 1. The molecule has 4 heterocycles. The third-order valence-electron chi connectivity index (χ3n) is 6.49. The van der Waals surface area contributed by atoms with Crippen molar-refractivity contribution in [3.05, 3.63) is 28.0 Å². The molecule has 0 aromatic carbocycles. The number of anilines is 2. The second-order valence-corrected chi connectivity index (χ2v) is 10.3. The molecule has 168 valence electrons. The Morgan fingerprint density at radius 2 is 1.68 bits per heavy atom. The molecule has 2 saturated heterocycles. The highest BCUT2D eigenvalue weighted by atomic mass is 32.1. The average Bonchev–Trinajstić information content (AvgIpc) is 3.07. The number of thiazole rings is 1. The zero-order chi connectivity index (χ0) is 22.0. The maximum absolute atomic E-state index is 12.9. The molecule has 7 nitrogen and oxygen atoms in total. The lowest BCUT2D eigenvalue weighted by atomic mass is 9.96. The number of rotatable bonds is 5. The third-order valence-corrected chi connectivity index (χ3v) is 7.54. The number of aryl methyl sites for hydroxylation is 3. The fraction of sp³-hybridized carbons (Fsp3) is 0.652. The van der Waals surface area contributed by atoms with Crippen LogP contribution in [0.2, 0.25) is 0 Å². The second-order valence-electron chi connectivity index (χ2n) is 9.19. The number of nitrogens with one attached hydrogen (secondary N) is 1. The number of nitrogens with zero attached hydrogens (tertiary/aromatic N) is 5. The van der Waals surface area contributed by atoms with E-state index in [1.807, 2.05) is 19.9 Å². The van der Waals surface area contributed by atoms with Gasteiger partial charge < -0.3 is 10.2 Å². The van der Waals surface area contributed by atoms with Crippen molar-refractivity contribution >= 4 is 28.3 Å². The first-order valence-corrected chi connectivity index (χ1v) is 12.3. The molecule has 2 aromatic rings. The highest BCUT2D eigenvalue weighted by Crippen LogP contribution is 2.28. The zero-order valence-corrected chi connectivity index (χ0v) is 20.0. The molecule has 0 atom stereocenters. The minimum absolute atomic E-state index is 0.0124. The van der Waals surface area contributed by atoms with Crippen molar-refractivity contribution in [3.63, 3.8) is 0 Å². The first-order chi connectivity index (χ1) is 14.9. The van der Waals surface area contributed by atoms with Gasteiger partial charge in [-0.25, -0.2) is 15.0 Å². The van der Waals surface area contributed by atoms with Gasteiger partial charge in [0, 0.05) is 41.8 Å². The van der Waals surface area contributed by atoms with Crippen molar-refractivity contribution in [1.82, 2.24) is 19.9 Å². The number of hydrogen-bond donors (Lipinski definition) is 1. The number of amides is 1. The predicted octanol–water partition coefficient (Wildman–Crippen LogP) is 3.95. The topological polar surface area (TPSA) is 74.2 Å². The van der Waals surface area contributed by atoms with Crippen molar-refractivity contribution < 1.29 is 4.79 Å². The van der Waals surface area contributed by atoms with E-state index >= 15 is 0 Å². The van der Waals surface area contributed by atoms with Gasteiger partial charge in [0.2, 0.25) is 11.9 Å². The SMILES string of the molecule is Cc1cc(C)nc(N2CCC(C(=O)Nc3nc(C)c(CN4CCC(C)CC4)s3)CC2)n1. The largest absolute Gasteiger partial charge is 0.341 e. The van der Waals surface area contributed by atoms with E-state index in [0.29, 0.717) is 0 Å². The first kappa shape index (κ1) is 22.1. The minimum atomic E-state index is 0.0124. The fourth-order valence-electron chi connectivity index (χ4n) is 4.45. The minimum Gasteiger partial charge on any atom is -0.341 e. The summed E-state index contributed by atoms with van der Waals surface area (Å²) in [5.74, 6) is 1.72. The van der Waals surface area contributed by atoms with Gasteiger partial charge in [0.15, 0.2) is 5.13 Å². The van der Waals surface area contributed by atoms with Gasteiger partial charge in [-0.2, -0.15) is 0 Å². The van der Waals surface area contributed by atoms with Crippen molar-refractivity contribution in [2.75, 3.05) is 36.4 Å². The third kappa shape index (κ3) is 5.60. The predicted molar refractivity (Wildman–Crippen MR) is 126 cm³/mol. The standard InChI is InChI=1S/C23H34N6OS/c1-15-5-9-28(10-6-15)14-20-18(4)26-23(31-20)27-21(30)19-7-11-29(12-8-19)22-24-16(2)13-17(3)25-22/h13,15,19H,5-12,14H2,1-4H3,(H,26,27,30). The van der Waals surface area contributed by atoms with Gasteiger partial charge in [-0.1, -0.05) is 6.92 Å². The van der Waals surface area contributed by atoms with Crippen LogP contribution in [0.1, 0.15) is 54.6 Å². The van der Waals surface area contributed by atoms with Gasteiger partial charge in [0.1, 0.15) is 0 Å². The molecule has 31 heavy (non-hydrogen) atoms. The summed E-state index contributed by atoms with van der Waals surface area (Å²) >= 11 is 1.63. The van der Waals surface area contributed by atoms with E-state index in [1.54, 1.807) is 11.3 Å². The Balaban J connectivity index is 1.30. The lowest BCUT2D eigenvalue weighted by molar-refractivity contribution is -0.120. The van der Waals surface area contributed by atoms with Gasteiger partial charge in [-0.3, -0.25) is 9.69 Å². The molecule has 2 aliphatic rings. The summed E-state index contributed by atoms with van der Waals surface area (Å²) in [6.07, 6.45) is 4.16. The number of hydrogen-bond acceptors (Lipinski definition) is 7. The molecule has 4 rings (SSSR count). The van der Waals surface area contributed by atoms with Crippen LogP contribution in [-0.2, 0) is 11.3 Å². The highest BCUT2D eigenvalue weighted by molar-refractivity contribution is 7.15. The molecule has 0 bridgehead atoms. The van der Waals surface area contributed by atoms with Crippen LogP contribution in [0.4, 0.5) is 11.1 Å². The summed E-state index contributed by atoms with van der Waals surface area (Å²) in [5, 5.41) is 3.83. The van der Waals surface area contributed by atoms with Crippen LogP contribution in [0.15, 0.2) is 6.07 Å². The molecular formula is C23H34N6OS. The molecule has 0 saturated carbocycles. The Morgan fingerprint density at radius 1 is 1.03 bits per heavy atom. The van der Waals surface area contributed by atoms with Crippen LogP contribution in [0.25, 0.3) is 0 Å². The van der Waals surface area contributed by atoms with E-state index in [4.69, 9.17) is 0 Å². The van der Waals surface area contributed by atoms with E-state index < -0.39 is 0 Å². The Bertz CT molecular complexity index is 893. The number of piperidine rings is 2. The lowest BCUT2D eigenvalue weighted by Gasteiger charge is -2.31. The summed E-state index contributed by atoms with van der Waals surface area (Å²) in [4.78, 5) is 32.6. The van der Waals surface area contributed by atoms with Crippen molar-refractivity contribution in [2.24, 2.45) is 11.8 Å². The molecular weight excluding hydrogens is 408 g/mol. The molecule has 1 amide bonds. The first-order valence-electron chi connectivity index (χ1n) is 11.4. The molecule has 0 spiro atoms. The van der Waals surface area contributed by atoms with Crippen molar-refractivity contribution in [3.8, 4) is 0 Å². The van der Waals surface area contributed by atoms with Gasteiger partial charge in [-0.15, -0.1) is 11.3 Å². The Morgan fingerprint density at radius 3 is 2.32 bits per heavy atom. The zero-order valence-electron chi connectivity index (χ0n) is 19.1. The molecule has 0 unspecified atom stereocenters. The van der Waals surface area contributed by atoms with Gasteiger partial charge in [0.25, 0.3) is 0 Å². The van der Waals surface area contributed by atoms with Crippen LogP contribution in [0.3, 0.4) is 0 Å². The van der Waals surface area contributed by atoms with Gasteiger partial charge >= 0.3 is 0 Å². The second kappa shape index (κ2) is 9.61. The smallest absolute Gasteiger partial charge is 0.229 e. The fourth-order valence-corrected chi connectivity index (χ4v) is 5.46. The van der Waals surface area contributed by atoms with Crippen LogP contribution >= 0.6 is 11.3 Å². The van der Waals surface area contributed by atoms with Crippen molar-refractivity contribution in [2.45, 2.75) is 59.9 Å². The normalized spacial score (nSPS) is 19.0. The Hall–Kier alpha value is -2.06. The van der Waals surface area contributed by atoms with Gasteiger partial charge in [-0.05, 0) is 71.5 Å². The number of carbonyl (C=O) groups excluding carboxylic acids is 1. The summed E-state index contributed by atoms with van der Waals surface area (Å²) in [7, 11) is 0. The highest BCUT2D eigenvalue weighted by Gasteiger charge is 2.27. The summed E-state index contributed by atoms with van der Waals surface area (Å²) in [5.41, 5.74) is 3.01. The van der Waals surface area contributed by atoms with E-state index in [-0.39, 0.29) is 11.8 Å². The summed E-state index contributed by atoms with van der Waals surface area (Å²) < 4.78 is 0. The van der Waals surface area contributed by atoms with Crippen LogP contribution in [0, 0.1) is 32.6 Å². The maximum atomic E-state index is 12.9. The molecule has 8 heteroatoms. The Labute approximate surface area is 189 Å². The summed E-state index contributed by atoms with van der Waals surface area (Å²) in [6.45, 7) is 13.2. The monoisotopic (exact) mass is 442 g/mol. The molecule has 1 N–H and O–H groups in total. The molecule has 0 aliphatic carbocycles. The molecule has 0 radical (unpaired) electrons. The number of aromatic nitrogens is 3.